The van der Waals surface area contributed by atoms with E-state index < -0.39 is 11.7 Å². The number of para-hydroxylation sites is 1. The molecule has 0 spiro atoms. The second kappa shape index (κ2) is 7.55. The quantitative estimate of drug-likeness (QED) is 0.625. The smallest absolute Gasteiger partial charge is 0.417 e. The zero-order valence-electron chi connectivity index (χ0n) is 15.9. The molecule has 0 amide bonds. The normalized spacial score (nSPS) is 15.1. The Labute approximate surface area is 165 Å². The molecule has 0 bridgehead atoms. The minimum absolute atomic E-state index is 0.00840. The third-order valence-corrected chi connectivity index (χ3v) is 5.17. The molecule has 0 aliphatic carbocycles. The Morgan fingerprint density at radius 1 is 1.00 bits per heavy atom. The van der Waals surface area contributed by atoms with Crippen molar-refractivity contribution in [2.75, 3.05) is 31.2 Å². The minimum atomic E-state index is -4.52. The molecule has 0 unspecified atom stereocenters. The number of fused-ring (bicyclic) bond motifs is 1. The van der Waals surface area contributed by atoms with E-state index >= 15 is 0 Å². The van der Waals surface area contributed by atoms with Crippen LogP contribution in [0.25, 0.3) is 22.1 Å². The van der Waals surface area contributed by atoms with Crippen LogP contribution in [0.4, 0.5) is 19.1 Å². The van der Waals surface area contributed by atoms with Crippen LogP contribution < -0.4 is 10.3 Å². The largest absolute Gasteiger partial charge is 0.439 e. The predicted molar refractivity (Wildman–Crippen MR) is 105 cm³/mol. The number of halogens is 3. The van der Waals surface area contributed by atoms with Crippen molar-refractivity contribution in [3.63, 3.8) is 0 Å². The van der Waals surface area contributed by atoms with E-state index in [2.05, 4.69) is 0 Å². The molecule has 2 heterocycles. The van der Waals surface area contributed by atoms with Gasteiger partial charge in [0.1, 0.15) is 5.58 Å². The first kappa shape index (κ1) is 19.5. The second-order valence-corrected chi connectivity index (χ2v) is 6.89. The van der Waals surface area contributed by atoms with Gasteiger partial charge in [-0.1, -0.05) is 37.3 Å². The molecule has 0 saturated carbocycles. The molecule has 7 heteroatoms. The molecular weight excluding hydrogens is 383 g/mol. The van der Waals surface area contributed by atoms with E-state index in [-0.39, 0.29) is 27.5 Å². The van der Waals surface area contributed by atoms with Gasteiger partial charge in [0, 0.05) is 18.7 Å². The van der Waals surface area contributed by atoms with Gasteiger partial charge in [-0.05, 0) is 24.1 Å². The molecular formula is C22H20F3NO3. The third kappa shape index (κ3) is 3.51. The van der Waals surface area contributed by atoms with E-state index in [0.29, 0.717) is 44.2 Å². The van der Waals surface area contributed by atoms with E-state index in [1.165, 1.54) is 12.1 Å². The van der Waals surface area contributed by atoms with Gasteiger partial charge in [0.2, 0.25) is 5.88 Å². The number of hydrogen-bond acceptors (Lipinski definition) is 4. The van der Waals surface area contributed by atoms with Gasteiger partial charge in [-0.25, -0.2) is 0 Å². The van der Waals surface area contributed by atoms with Gasteiger partial charge >= 0.3 is 6.18 Å². The standard InChI is InChI=1S/C22H20F3NO3/c1-2-14-19(27)17-8-5-7-16(15-6-3-4-9-18(15)22(23,24)25)20(17)29-21(14)26-10-12-28-13-11-26/h3-9H,2,10-13H2,1H3. The molecule has 1 fully saturated rings. The van der Waals surface area contributed by atoms with E-state index in [1.54, 1.807) is 24.3 Å². The second-order valence-electron chi connectivity index (χ2n) is 6.89. The molecule has 2 aromatic carbocycles. The first-order chi connectivity index (χ1) is 13.9. The highest BCUT2D eigenvalue weighted by Crippen LogP contribution is 2.40. The summed E-state index contributed by atoms with van der Waals surface area (Å²) in [6.07, 6.45) is -4.05. The monoisotopic (exact) mass is 403 g/mol. The fraction of sp³-hybridized carbons (Fsp3) is 0.318. The van der Waals surface area contributed by atoms with Crippen LogP contribution in [0.15, 0.2) is 51.7 Å². The van der Waals surface area contributed by atoms with Gasteiger partial charge in [-0.3, -0.25) is 4.79 Å². The first-order valence-corrected chi connectivity index (χ1v) is 9.49. The van der Waals surface area contributed by atoms with Crippen LogP contribution in [0.3, 0.4) is 0 Å². The molecule has 1 saturated heterocycles. The highest BCUT2D eigenvalue weighted by molar-refractivity contribution is 5.94. The van der Waals surface area contributed by atoms with Crippen molar-refractivity contribution in [1.29, 1.82) is 0 Å². The van der Waals surface area contributed by atoms with Gasteiger partial charge in [0.05, 0.1) is 29.7 Å². The Morgan fingerprint density at radius 3 is 2.38 bits per heavy atom. The van der Waals surface area contributed by atoms with Gasteiger partial charge in [0.25, 0.3) is 0 Å². The number of nitrogens with zero attached hydrogens (tertiary/aromatic N) is 1. The molecule has 1 aromatic heterocycles. The average Bonchev–Trinajstić information content (AvgIpc) is 2.73. The zero-order valence-corrected chi connectivity index (χ0v) is 15.9. The number of morpholine rings is 1. The zero-order chi connectivity index (χ0) is 20.6. The lowest BCUT2D eigenvalue weighted by atomic mass is 9.96. The van der Waals surface area contributed by atoms with E-state index in [4.69, 9.17) is 9.15 Å². The Kier molecular flexibility index (Phi) is 5.08. The van der Waals surface area contributed by atoms with Crippen molar-refractivity contribution < 1.29 is 22.3 Å². The minimum Gasteiger partial charge on any atom is -0.439 e. The lowest BCUT2D eigenvalue weighted by molar-refractivity contribution is -0.137. The van der Waals surface area contributed by atoms with Gasteiger partial charge in [-0.15, -0.1) is 0 Å². The topological polar surface area (TPSA) is 42.7 Å². The number of benzene rings is 2. The molecule has 0 atom stereocenters. The maximum absolute atomic E-state index is 13.6. The summed E-state index contributed by atoms with van der Waals surface area (Å²) < 4.78 is 52.3. The maximum Gasteiger partial charge on any atom is 0.417 e. The lowest BCUT2D eigenvalue weighted by Gasteiger charge is -2.29. The predicted octanol–water partition coefficient (Wildman–Crippen LogP) is 4.88. The highest BCUT2D eigenvalue weighted by Gasteiger charge is 2.34. The molecule has 0 radical (unpaired) electrons. The Hall–Kier alpha value is -2.80. The van der Waals surface area contributed by atoms with Crippen LogP contribution in [0.1, 0.15) is 18.1 Å². The van der Waals surface area contributed by atoms with Gasteiger partial charge in [0.15, 0.2) is 5.43 Å². The van der Waals surface area contributed by atoms with Crippen LogP contribution in [-0.2, 0) is 17.3 Å². The molecule has 3 aromatic rings. The Bertz CT molecular complexity index is 1100. The number of rotatable bonds is 3. The molecule has 1 aliphatic heterocycles. The van der Waals surface area contributed by atoms with Crippen molar-refractivity contribution in [2.24, 2.45) is 0 Å². The molecule has 1 aliphatic rings. The molecule has 4 rings (SSSR count). The van der Waals surface area contributed by atoms with Crippen molar-refractivity contribution in [3.05, 3.63) is 63.8 Å². The van der Waals surface area contributed by atoms with Crippen molar-refractivity contribution >= 4 is 16.9 Å². The van der Waals surface area contributed by atoms with Crippen LogP contribution in [0, 0.1) is 0 Å². The summed E-state index contributed by atoms with van der Waals surface area (Å²) in [5.41, 5.74) is -0.0200. The summed E-state index contributed by atoms with van der Waals surface area (Å²) in [6, 6.07) is 10.1. The van der Waals surface area contributed by atoms with Gasteiger partial charge in [-0.2, -0.15) is 13.2 Å². The van der Waals surface area contributed by atoms with Crippen molar-refractivity contribution in [2.45, 2.75) is 19.5 Å². The maximum atomic E-state index is 13.6. The third-order valence-electron chi connectivity index (χ3n) is 5.17. The van der Waals surface area contributed by atoms with E-state index in [9.17, 15) is 18.0 Å². The fourth-order valence-corrected chi connectivity index (χ4v) is 3.75. The molecule has 4 nitrogen and oxygen atoms in total. The highest BCUT2D eigenvalue weighted by atomic mass is 19.4. The molecule has 0 N–H and O–H groups in total. The number of alkyl halides is 3. The summed E-state index contributed by atoms with van der Waals surface area (Å²) in [7, 11) is 0. The van der Waals surface area contributed by atoms with Crippen LogP contribution in [-0.4, -0.2) is 26.3 Å². The van der Waals surface area contributed by atoms with Crippen molar-refractivity contribution in [3.8, 4) is 11.1 Å². The van der Waals surface area contributed by atoms with Crippen LogP contribution in [0.5, 0.6) is 0 Å². The lowest BCUT2D eigenvalue weighted by Crippen LogP contribution is -2.37. The number of anilines is 1. The number of hydrogen-bond donors (Lipinski definition) is 0. The molecule has 152 valence electrons. The SMILES string of the molecule is CCc1c(N2CCOCC2)oc2c(-c3ccccc3C(F)(F)F)cccc2c1=O. The van der Waals surface area contributed by atoms with E-state index in [0.717, 1.165) is 6.07 Å². The Balaban J connectivity index is 2.01. The summed E-state index contributed by atoms with van der Waals surface area (Å²) in [5.74, 6) is 0.422. The summed E-state index contributed by atoms with van der Waals surface area (Å²) in [6.45, 7) is 3.99. The number of ether oxygens (including phenoxy) is 1. The first-order valence-electron chi connectivity index (χ1n) is 9.49. The van der Waals surface area contributed by atoms with Crippen molar-refractivity contribution in [1.82, 2.24) is 0 Å². The summed E-state index contributed by atoms with van der Waals surface area (Å²) >= 11 is 0. The van der Waals surface area contributed by atoms with Gasteiger partial charge < -0.3 is 14.1 Å². The Morgan fingerprint density at radius 2 is 1.69 bits per heavy atom. The van der Waals surface area contributed by atoms with E-state index in [1.807, 2.05) is 11.8 Å². The summed E-state index contributed by atoms with van der Waals surface area (Å²) in [4.78, 5) is 15.1. The summed E-state index contributed by atoms with van der Waals surface area (Å²) in [5, 5.41) is 0.285. The fourth-order valence-electron chi connectivity index (χ4n) is 3.75. The molecule has 29 heavy (non-hydrogen) atoms. The van der Waals surface area contributed by atoms with Crippen LogP contribution in [0.2, 0.25) is 0 Å². The van der Waals surface area contributed by atoms with Crippen LogP contribution >= 0.6 is 0 Å². The average molecular weight is 403 g/mol.